The molecule has 4 rings (SSSR count). The first-order chi connectivity index (χ1) is 14.5. The third-order valence-corrected chi connectivity index (χ3v) is 5.99. The van der Waals surface area contributed by atoms with E-state index in [0.29, 0.717) is 32.3 Å². The van der Waals surface area contributed by atoms with Crippen LogP contribution in [-0.2, 0) is 11.2 Å². The van der Waals surface area contributed by atoms with E-state index in [1.165, 1.54) is 33.7 Å². The summed E-state index contributed by atoms with van der Waals surface area (Å²) in [5.41, 5.74) is 0.805. The first kappa shape index (κ1) is 20.5. The van der Waals surface area contributed by atoms with Crippen LogP contribution in [0.5, 0.6) is 0 Å². The van der Waals surface area contributed by atoms with Crippen LogP contribution in [0.2, 0.25) is 5.02 Å². The first-order valence-electron chi connectivity index (χ1n) is 9.02. The molecule has 1 amide bonds. The zero-order chi connectivity index (χ0) is 21.1. The molecule has 0 aliphatic carbocycles. The molecule has 2 N–H and O–H groups in total. The molecule has 0 spiro atoms. The van der Waals surface area contributed by atoms with Gasteiger partial charge in [0.2, 0.25) is 11.0 Å². The zero-order valence-electron chi connectivity index (χ0n) is 15.8. The number of anilines is 1. The maximum Gasteiger partial charge on any atom is 0.266 e. The van der Waals surface area contributed by atoms with Gasteiger partial charge in [-0.2, -0.15) is 0 Å². The minimum absolute atomic E-state index is 0.0734. The van der Waals surface area contributed by atoms with E-state index in [1.807, 2.05) is 6.07 Å². The summed E-state index contributed by atoms with van der Waals surface area (Å²) in [6.45, 7) is 2.06. The number of carbonyl (C=O) groups excluding carboxylic acids is 1. The molecule has 9 nitrogen and oxygen atoms in total. The molecule has 3 aromatic heterocycles. The fourth-order valence-electron chi connectivity index (χ4n) is 2.64. The van der Waals surface area contributed by atoms with E-state index in [0.717, 1.165) is 17.8 Å². The number of hydrogen-bond donors (Lipinski definition) is 2. The number of aryl methyl sites for hydroxylation is 1. The van der Waals surface area contributed by atoms with E-state index < -0.39 is 0 Å². The van der Waals surface area contributed by atoms with Crippen LogP contribution in [-0.4, -0.2) is 41.4 Å². The number of aromatic amines is 1. The highest BCUT2D eigenvalue weighted by atomic mass is 35.5. The monoisotopic (exact) mass is 461 g/mol. The van der Waals surface area contributed by atoms with Gasteiger partial charge in [0.25, 0.3) is 5.56 Å². The molecule has 0 saturated heterocycles. The molecule has 0 aliphatic heterocycles. The van der Waals surface area contributed by atoms with E-state index in [1.54, 1.807) is 18.2 Å². The van der Waals surface area contributed by atoms with Crippen LogP contribution >= 0.6 is 34.7 Å². The summed E-state index contributed by atoms with van der Waals surface area (Å²) in [5, 5.41) is 15.7. The van der Waals surface area contributed by atoms with Gasteiger partial charge in [0.05, 0.1) is 5.75 Å². The first-order valence-corrected chi connectivity index (χ1v) is 11.2. The Kier molecular flexibility index (Phi) is 6.11. The number of nitrogens with one attached hydrogen (secondary N) is 2. The summed E-state index contributed by atoms with van der Waals surface area (Å²) < 4.78 is 1.46. The number of halogens is 1. The topological polar surface area (TPSA) is 118 Å². The summed E-state index contributed by atoms with van der Waals surface area (Å²) in [6, 6.07) is 8.49. The molecule has 1 aromatic carbocycles. The Labute approximate surface area is 183 Å². The molecule has 0 atom stereocenters. The normalized spacial score (nSPS) is 11.1. The number of amides is 1. The van der Waals surface area contributed by atoms with Gasteiger partial charge in [-0.25, -0.2) is 14.5 Å². The SMILES string of the molecule is CCCc1nnc(NC(=O)CSc2nc(-c3cccc(Cl)c3)nc3cc(=O)[nH]n23)s1. The Balaban J connectivity index is 1.55. The van der Waals surface area contributed by atoms with Gasteiger partial charge in [-0.1, -0.05) is 53.8 Å². The van der Waals surface area contributed by atoms with Crippen LogP contribution in [0.3, 0.4) is 0 Å². The third kappa shape index (κ3) is 4.69. The second-order valence-corrected chi connectivity index (χ2v) is 8.68. The Bertz CT molecular complexity index is 1270. The van der Waals surface area contributed by atoms with Crippen molar-refractivity contribution in [1.29, 1.82) is 0 Å². The van der Waals surface area contributed by atoms with E-state index in [2.05, 4.69) is 37.5 Å². The standard InChI is InChI=1S/C18H16ClN7O2S2/c1-2-4-15-23-24-17(30-15)21-14(28)9-29-18-22-16(10-5-3-6-11(19)7-10)20-12-8-13(27)25-26(12)18/h3,5-8H,2,4,9H2,1H3,(H,25,27)(H,21,24,28). The van der Waals surface area contributed by atoms with Crippen LogP contribution in [0.25, 0.3) is 17.0 Å². The number of H-pyrrole nitrogens is 1. The highest BCUT2D eigenvalue weighted by Crippen LogP contribution is 2.24. The largest absolute Gasteiger partial charge is 0.300 e. The van der Waals surface area contributed by atoms with Crippen molar-refractivity contribution in [3.8, 4) is 11.4 Å². The molecule has 12 heteroatoms. The van der Waals surface area contributed by atoms with Crippen molar-refractivity contribution in [1.82, 2.24) is 29.8 Å². The average molecular weight is 462 g/mol. The van der Waals surface area contributed by atoms with Gasteiger partial charge in [0.1, 0.15) is 5.01 Å². The van der Waals surface area contributed by atoms with Gasteiger partial charge >= 0.3 is 0 Å². The number of hydrogen-bond acceptors (Lipinski definition) is 8. The highest BCUT2D eigenvalue weighted by molar-refractivity contribution is 7.99. The number of rotatable bonds is 7. The van der Waals surface area contributed by atoms with Crippen molar-refractivity contribution in [2.24, 2.45) is 0 Å². The number of aromatic nitrogens is 6. The summed E-state index contributed by atoms with van der Waals surface area (Å²) in [5.74, 6) is 0.238. The lowest BCUT2D eigenvalue weighted by Gasteiger charge is -2.07. The van der Waals surface area contributed by atoms with Crippen LogP contribution in [0.15, 0.2) is 40.3 Å². The minimum atomic E-state index is -0.309. The summed E-state index contributed by atoms with van der Waals surface area (Å²) >= 11 is 8.61. The molecule has 154 valence electrons. The van der Waals surface area contributed by atoms with Gasteiger partial charge in [-0.3, -0.25) is 20.0 Å². The van der Waals surface area contributed by atoms with Gasteiger partial charge in [0, 0.05) is 23.1 Å². The molecule has 0 unspecified atom stereocenters. The fraction of sp³-hybridized carbons (Fsp3) is 0.222. The number of nitrogens with zero attached hydrogens (tertiary/aromatic N) is 5. The van der Waals surface area contributed by atoms with E-state index in [-0.39, 0.29) is 17.2 Å². The molecule has 0 bridgehead atoms. The second-order valence-electron chi connectivity index (χ2n) is 6.24. The minimum Gasteiger partial charge on any atom is -0.300 e. The average Bonchev–Trinajstić information content (AvgIpc) is 3.31. The van der Waals surface area contributed by atoms with Gasteiger partial charge < -0.3 is 0 Å². The number of fused-ring (bicyclic) bond motifs is 1. The molecular formula is C18H16ClN7O2S2. The molecule has 30 heavy (non-hydrogen) atoms. The third-order valence-electron chi connectivity index (χ3n) is 3.92. The number of thioether (sulfide) groups is 1. The highest BCUT2D eigenvalue weighted by Gasteiger charge is 2.14. The Hall–Kier alpha value is -2.76. The van der Waals surface area contributed by atoms with Crippen molar-refractivity contribution < 1.29 is 4.79 Å². The quantitative estimate of drug-likeness (QED) is 0.405. The summed E-state index contributed by atoms with van der Waals surface area (Å²) in [6.07, 6.45) is 1.79. The smallest absolute Gasteiger partial charge is 0.266 e. The lowest BCUT2D eigenvalue weighted by Crippen LogP contribution is -2.15. The molecule has 4 aromatic rings. The Morgan fingerprint density at radius 1 is 1.30 bits per heavy atom. The summed E-state index contributed by atoms with van der Waals surface area (Å²) in [4.78, 5) is 33.1. The van der Waals surface area contributed by atoms with E-state index in [9.17, 15) is 9.59 Å². The molecule has 0 aliphatic rings. The predicted octanol–water partition coefficient (Wildman–Crippen LogP) is 3.27. The summed E-state index contributed by atoms with van der Waals surface area (Å²) in [7, 11) is 0. The lowest BCUT2D eigenvalue weighted by molar-refractivity contribution is -0.113. The zero-order valence-corrected chi connectivity index (χ0v) is 18.1. The van der Waals surface area contributed by atoms with Crippen molar-refractivity contribution in [3.63, 3.8) is 0 Å². The molecule has 0 fully saturated rings. The van der Waals surface area contributed by atoms with Crippen LogP contribution in [0, 0.1) is 0 Å². The maximum absolute atomic E-state index is 12.4. The van der Waals surface area contributed by atoms with Gasteiger partial charge in [-0.15, -0.1) is 10.2 Å². The van der Waals surface area contributed by atoms with E-state index >= 15 is 0 Å². The van der Waals surface area contributed by atoms with Crippen LogP contribution in [0.4, 0.5) is 5.13 Å². The number of benzene rings is 1. The van der Waals surface area contributed by atoms with Crippen molar-refractivity contribution in [2.75, 3.05) is 11.1 Å². The van der Waals surface area contributed by atoms with Crippen molar-refractivity contribution in [2.45, 2.75) is 24.9 Å². The van der Waals surface area contributed by atoms with Gasteiger partial charge in [0.15, 0.2) is 16.6 Å². The van der Waals surface area contributed by atoms with Crippen molar-refractivity contribution >= 4 is 51.4 Å². The Morgan fingerprint density at radius 2 is 2.17 bits per heavy atom. The fourth-order valence-corrected chi connectivity index (χ4v) is 4.44. The Morgan fingerprint density at radius 3 is 2.97 bits per heavy atom. The lowest BCUT2D eigenvalue weighted by atomic mass is 10.2. The second kappa shape index (κ2) is 8.94. The molecular weight excluding hydrogens is 446 g/mol. The van der Waals surface area contributed by atoms with Crippen molar-refractivity contribution in [3.05, 3.63) is 50.7 Å². The molecule has 0 saturated carbocycles. The molecule has 0 radical (unpaired) electrons. The predicted molar refractivity (Wildman–Crippen MR) is 117 cm³/mol. The van der Waals surface area contributed by atoms with Gasteiger partial charge in [-0.05, 0) is 18.6 Å². The van der Waals surface area contributed by atoms with Crippen LogP contribution < -0.4 is 10.9 Å². The van der Waals surface area contributed by atoms with Crippen LogP contribution in [0.1, 0.15) is 18.4 Å². The maximum atomic E-state index is 12.4. The van der Waals surface area contributed by atoms with E-state index in [4.69, 9.17) is 11.6 Å². The number of carbonyl (C=O) groups is 1. The molecule has 3 heterocycles.